The second kappa shape index (κ2) is 13.3. The summed E-state index contributed by atoms with van der Waals surface area (Å²) >= 11 is 0. The highest BCUT2D eigenvalue weighted by Crippen LogP contribution is 2.33. The molecule has 10 nitrogen and oxygen atoms in total. The Morgan fingerprint density at radius 3 is 2.28 bits per heavy atom. The predicted octanol–water partition coefficient (Wildman–Crippen LogP) is 2.04. The van der Waals surface area contributed by atoms with Crippen LogP contribution < -0.4 is 10.6 Å². The molecule has 0 spiro atoms. The Kier molecular flexibility index (Phi) is 9.14. The molecule has 3 aromatic rings. The molecule has 2 aliphatic rings. The van der Waals surface area contributed by atoms with Crippen LogP contribution in [0.4, 0.5) is 0 Å². The van der Waals surface area contributed by atoms with Crippen LogP contribution in [0.3, 0.4) is 0 Å². The van der Waals surface area contributed by atoms with Crippen molar-refractivity contribution in [3.05, 3.63) is 107 Å². The van der Waals surface area contributed by atoms with Gasteiger partial charge in [-0.25, -0.2) is 4.79 Å². The van der Waals surface area contributed by atoms with E-state index >= 15 is 0 Å². The van der Waals surface area contributed by atoms with Crippen molar-refractivity contribution < 1.29 is 28.7 Å². The SMILES string of the molecule is COC(=O)C(Cc1ccccc1)NC(=O)C(CC(=O)N1CC(=O)N2CCc3ccccc3C2C1)NC(=O)c1ccccc1. The lowest BCUT2D eigenvalue weighted by molar-refractivity contribution is -0.150. The third kappa shape index (κ3) is 6.91. The van der Waals surface area contributed by atoms with Crippen LogP contribution >= 0.6 is 0 Å². The van der Waals surface area contributed by atoms with E-state index in [0.29, 0.717) is 12.1 Å². The molecule has 2 aliphatic heterocycles. The van der Waals surface area contributed by atoms with E-state index in [2.05, 4.69) is 10.6 Å². The molecule has 2 N–H and O–H groups in total. The maximum absolute atomic E-state index is 13.7. The molecular weight excluding hydrogens is 548 g/mol. The van der Waals surface area contributed by atoms with Crippen molar-refractivity contribution in [3.8, 4) is 0 Å². The Morgan fingerprint density at radius 1 is 0.884 bits per heavy atom. The highest BCUT2D eigenvalue weighted by molar-refractivity contribution is 6.00. The minimum Gasteiger partial charge on any atom is -0.467 e. The van der Waals surface area contributed by atoms with Crippen molar-refractivity contribution in [1.82, 2.24) is 20.4 Å². The highest BCUT2D eigenvalue weighted by Gasteiger charge is 2.39. The van der Waals surface area contributed by atoms with Gasteiger partial charge in [-0.15, -0.1) is 0 Å². The minimum absolute atomic E-state index is 0.114. The Hall–Kier alpha value is -4.99. The van der Waals surface area contributed by atoms with Gasteiger partial charge in [0.25, 0.3) is 5.91 Å². The van der Waals surface area contributed by atoms with Crippen molar-refractivity contribution in [2.24, 2.45) is 0 Å². The molecule has 3 unspecified atom stereocenters. The van der Waals surface area contributed by atoms with Crippen molar-refractivity contribution in [1.29, 1.82) is 0 Å². The van der Waals surface area contributed by atoms with E-state index in [4.69, 9.17) is 4.74 Å². The van der Waals surface area contributed by atoms with E-state index in [1.165, 1.54) is 12.0 Å². The Labute approximate surface area is 250 Å². The summed E-state index contributed by atoms with van der Waals surface area (Å²) in [6.45, 7) is 0.746. The molecule has 43 heavy (non-hydrogen) atoms. The van der Waals surface area contributed by atoms with Gasteiger partial charge in [0.05, 0.1) is 26.1 Å². The number of hydrogen-bond donors (Lipinski definition) is 2. The summed E-state index contributed by atoms with van der Waals surface area (Å²) in [5.74, 6) is -2.54. The lowest BCUT2D eigenvalue weighted by atomic mass is 9.90. The van der Waals surface area contributed by atoms with E-state index in [-0.39, 0.29) is 31.5 Å². The van der Waals surface area contributed by atoms with Crippen molar-refractivity contribution in [3.63, 3.8) is 0 Å². The number of rotatable bonds is 9. The van der Waals surface area contributed by atoms with E-state index < -0.39 is 42.2 Å². The average molecular weight is 583 g/mol. The lowest BCUT2D eigenvalue weighted by Crippen LogP contribution is -2.58. The summed E-state index contributed by atoms with van der Waals surface area (Å²) in [4.78, 5) is 69.3. The lowest BCUT2D eigenvalue weighted by Gasteiger charge is -2.44. The molecule has 10 heteroatoms. The smallest absolute Gasteiger partial charge is 0.328 e. The van der Waals surface area contributed by atoms with Gasteiger partial charge < -0.3 is 25.2 Å². The van der Waals surface area contributed by atoms with Crippen LogP contribution in [0.5, 0.6) is 0 Å². The fourth-order valence-electron chi connectivity index (χ4n) is 5.67. The fourth-order valence-corrected chi connectivity index (χ4v) is 5.67. The summed E-state index contributed by atoms with van der Waals surface area (Å²) in [5.41, 5.74) is 3.26. The van der Waals surface area contributed by atoms with Gasteiger partial charge in [0, 0.05) is 25.1 Å². The molecule has 3 aromatic carbocycles. The van der Waals surface area contributed by atoms with Gasteiger partial charge in [0.15, 0.2) is 0 Å². The largest absolute Gasteiger partial charge is 0.467 e. The van der Waals surface area contributed by atoms with Gasteiger partial charge in [0.2, 0.25) is 17.7 Å². The molecule has 4 amide bonds. The number of ether oxygens (including phenoxy) is 1. The van der Waals surface area contributed by atoms with Crippen LogP contribution in [-0.4, -0.2) is 78.2 Å². The van der Waals surface area contributed by atoms with E-state index in [0.717, 1.165) is 23.1 Å². The zero-order valence-corrected chi connectivity index (χ0v) is 23.9. The molecule has 0 saturated carbocycles. The number of nitrogens with one attached hydrogen (secondary N) is 2. The van der Waals surface area contributed by atoms with Gasteiger partial charge in [-0.3, -0.25) is 19.2 Å². The summed E-state index contributed by atoms with van der Waals surface area (Å²) in [5, 5.41) is 5.34. The number of esters is 1. The Morgan fingerprint density at radius 2 is 1.56 bits per heavy atom. The summed E-state index contributed by atoms with van der Waals surface area (Å²) < 4.78 is 4.92. The Bertz CT molecular complexity index is 1500. The number of amides is 4. The topological polar surface area (TPSA) is 125 Å². The Balaban J connectivity index is 1.35. The van der Waals surface area contributed by atoms with Crippen LogP contribution in [0.1, 0.15) is 39.5 Å². The van der Waals surface area contributed by atoms with Crippen LogP contribution in [0.25, 0.3) is 0 Å². The summed E-state index contributed by atoms with van der Waals surface area (Å²) in [6, 6.07) is 22.7. The molecule has 0 aliphatic carbocycles. The first-order valence-corrected chi connectivity index (χ1v) is 14.3. The van der Waals surface area contributed by atoms with Gasteiger partial charge >= 0.3 is 5.97 Å². The van der Waals surface area contributed by atoms with E-state index in [1.54, 1.807) is 35.2 Å². The zero-order valence-electron chi connectivity index (χ0n) is 23.9. The third-order valence-corrected chi connectivity index (χ3v) is 7.93. The van der Waals surface area contributed by atoms with Gasteiger partial charge in [0.1, 0.15) is 12.1 Å². The molecule has 3 atom stereocenters. The number of carbonyl (C=O) groups excluding carboxylic acids is 5. The summed E-state index contributed by atoms with van der Waals surface area (Å²) in [6.07, 6.45) is 0.514. The number of carbonyl (C=O) groups is 5. The number of piperazine rings is 1. The van der Waals surface area contributed by atoms with Crippen molar-refractivity contribution in [2.75, 3.05) is 26.7 Å². The van der Waals surface area contributed by atoms with Gasteiger partial charge in [-0.05, 0) is 35.2 Å². The minimum atomic E-state index is -1.31. The molecule has 5 rings (SSSR count). The highest BCUT2D eigenvalue weighted by atomic mass is 16.5. The van der Waals surface area contributed by atoms with E-state index in [9.17, 15) is 24.0 Å². The normalized spacial score (nSPS) is 17.1. The molecule has 1 fully saturated rings. The number of nitrogens with zero attached hydrogens (tertiary/aromatic N) is 2. The van der Waals surface area contributed by atoms with E-state index in [1.807, 2.05) is 54.6 Å². The fraction of sp³-hybridized carbons (Fsp3) is 0.303. The van der Waals surface area contributed by atoms with Crippen LogP contribution in [-0.2, 0) is 36.8 Å². The summed E-state index contributed by atoms with van der Waals surface area (Å²) in [7, 11) is 1.23. The molecule has 1 saturated heterocycles. The van der Waals surface area contributed by atoms with Gasteiger partial charge in [-0.1, -0.05) is 72.8 Å². The van der Waals surface area contributed by atoms with Crippen molar-refractivity contribution >= 4 is 29.6 Å². The second-order valence-electron chi connectivity index (χ2n) is 10.7. The second-order valence-corrected chi connectivity index (χ2v) is 10.7. The number of fused-ring (bicyclic) bond motifs is 3. The molecule has 0 bridgehead atoms. The monoisotopic (exact) mass is 582 g/mol. The standard InChI is InChI=1S/C33H34N4O6/c1-43-33(42)27(18-22-10-4-2-5-11-22)35-32(41)26(34-31(40)24-13-6-3-7-14-24)19-29(38)36-20-28-25-15-9-8-12-23(25)16-17-37(28)30(39)21-36/h2-15,26-28H,16-21H2,1H3,(H,34,40)(H,35,41). The van der Waals surface area contributed by atoms with Crippen LogP contribution in [0, 0.1) is 0 Å². The first-order valence-electron chi connectivity index (χ1n) is 14.3. The molecule has 222 valence electrons. The first-order chi connectivity index (χ1) is 20.8. The first kappa shape index (κ1) is 29.5. The van der Waals surface area contributed by atoms with Crippen LogP contribution in [0.2, 0.25) is 0 Å². The predicted molar refractivity (Wildman–Crippen MR) is 158 cm³/mol. The number of hydrogen-bond acceptors (Lipinski definition) is 6. The van der Waals surface area contributed by atoms with Gasteiger partial charge in [-0.2, -0.15) is 0 Å². The number of methoxy groups -OCH3 is 1. The number of benzene rings is 3. The maximum atomic E-state index is 13.7. The maximum Gasteiger partial charge on any atom is 0.328 e. The average Bonchev–Trinajstić information content (AvgIpc) is 3.04. The zero-order chi connectivity index (χ0) is 30.3. The molecular formula is C33H34N4O6. The molecule has 0 aromatic heterocycles. The van der Waals surface area contributed by atoms with Crippen LogP contribution in [0.15, 0.2) is 84.9 Å². The van der Waals surface area contributed by atoms with Crippen molar-refractivity contribution in [2.45, 2.75) is 37.4 Å². The molecule has 2 heterocycles. The third-order valence-electron chi connectivity index (χ3n) is 7.93. The molecule has 0 radical (unpaired) electrons. The quantitative estimate of drug-likeness (QED) is 0.372.